The zero-order valence-corrected chi connectivity index (χ0v) is 12.2. The fraction of sp³-hybridized carbons (Fsp3) is 0.750. The molecule has 4 nitrogen and oxygen atoms in total. The van der Waals surface area contributed by atoms with Gasteiger partial charge >= 0.3 is 0 Å². The molecule has 0 aliphatic carbocycles. The SMILES string of the molecule is C=CCNC(=NCCS(=O)C(C)(C)C)NCC. The Labute approximate surface area is 107 Å². The van der Waals surface area contributed by atoms with Gasteiger partial charge in [0.05, 0.1) is 6.54 Å². The van der Waals surface area contributed by atoms with E-state index >= 15 is 0 Å². The summed E-state index contributed by atoms with van der Waals surface area (Å²) in [6.07, 6.45) is 1.78. The molecule has 5 heteroatoms. The van der Waals surface area contributed by atoms with E-state index in [2.05, 4.69) is 22.2 Å². The van der Waals surface area contributed by atoms with E-state index in [9.17, 15) is 4.21 Å². The molecule has 0 amide bonds. The second-order valence-electron chi connectivity index (χ2n) is 4.59. The van der Waals surface area contributed by atoms with Crippen LogP contribution in [0.1, 0.15) is 27.7 Å². The van der Waals surface area contributed by atoms with Crippen molar-refractivity contribution < 1.29 is 4.21 Å². The fourth-order valence-corrected chi connectivity index (χ4v) is 1.93. The van der Waals surface area contributed by atoms with E-state index < -0.39 is 10.8 Å². The Morgan fingerprint density at radius 1 is 1.41 bits per heavy atom. The third-order valence-corrected chi connectivity index (χ3v) is 3.91. The van der Waals surface area contributed by atoms with Gasteiger partial charge in [-0.25, -0.2) is 0 Å². The number of guanidine groups is 1. The highest BCUT2D eigenvalue weighted by atomic mass is 32.2. The molecule has 0 aliphatic heterocycles. The zero-order chi connectivity index (χ0) is 13.3. The molecule has 0 radical (unpaired) electrons. The second-order valence-corrected chi connectivity index (χ2v) is 6.92. The van der Waals surface area contributed by atoms with Crippen molar-refractivity contribution in [3.05, 3.63) is 12.7 Å². The van der Waals surface area contributed by atoms with E-state index in [0.29, 0.717) is 18.8 Å². The van der Waals surface area contributed by atoms with E-state index in [1.54, 1.807) is 6.08 Å². The van der Waals surface area contributed by atoms with Crippen LogP contribution < -0.4 is 10.6 Å². The molecule has 0 rings (SSSR count). The van der Waals surface area contributed by atoms with Crippen LogP contribution in [-0.4, -0.2) is 40.3 Å². The van der Waals surface area contributed by atoms with Crippen LogP contribution in [0.15, 0.2) is 17.6 Å². The third-order valence-electron chi connectivity index (χ3n) is 1.99. The number of hydrogen-bond donors (Lipinski definition) is 2. The van der Waals surface area contributed by atoms with Gasteiger partial charge in [0.2, 0.25) is 0 Å². The van der Waals surface area contributed by atoms with Crippen molar-refractivity contribution in [1.82, 2.24) is 10.6 Å². The number of nitrogens with one attached hydrogen (secondary N) is 2. The average Bonchev–Trinajstić information content (AvgIpc) is 2.24. The molecule has 0 aromatic carbocycles. The summed E-state index contributed by atoms with van der Waals surface area (Å²) < 4.78 is 11.6. The molecule has 0 saturated heterocycles. The number of aliphatic imine (C=N–C) groups is 1. The van der Waals surface area contributed by atoms with Crippen LogP contribution in [0, 0.1) is 0 Å². The highest BCUT2D eigenvalue weighted by molar-refractivity contribution is 7.86. The molecule has 0 aliphatic rings. The first-order valence-electron chi connectivity index (χ1n) is 5.93. The van der Waals surface area contributed by atoms with Gasteiger partial charge < -0.3 is 10.6 Å². The standard InChI is InChI=1S/C12H25N3OS/c1-6-8-14-11(13-7-2)15-9-10-17(16)12(3,4)5/h6H,1,7-10H2,2-5H3,(H2,13,14,15). The Balaban J connectivity index is 4.16. The minimum atomic E-state index is -0.846. The first-order chi connectivity index (χ1) is 7.91. The summed E-state index contributed by atoms with van der Waals surface area (Å²) in [6.45, 7) is 13.6. The first-order valence-corrected chi connectivity index (χ1v) is 7.25. The molecule has 17 heavy (non-hydrogen) atoms. The van der Waals surface area contributed by atoms with Crippen LogP contribution >= 0.6 is 0 Å². The van der Waals surface area contributed by atoms with Gasteiger partial charge in [-0.3, -0.25) is 9.20 Å². The molecule has 0 spiro atoms. The van der Waals surface area contributed by atoms with E-state index in [1.807, 2.05) is 27.7 Å². The molecule has 0 heterocycles. The smallest absolute Gasteiger partial charge is 0.191 e. The molecular weight excluding hydrogens is 234 g/mol. The van der Waals surface area contributed by atoms with Crippen molar-refractivity contribution in [3.8, 4) is 0 Å². The summed E-state index contributed by atoms with van der Waals surface area (Å²) in [6, 6.07) is 0. The molecule has 100 valence electrons. The van der Waals surface area contributed by atoms with Gasteiger partial charge in [0.1, 0.15) is 0 Å². The minimum Gasteiger partial charge on any atom is -0.357 e. The minimum absolute atomic E-state index is 0.164. The van der Waals surface area contributed by atoms with Crippen LogP contribution in [0.5, 0.6) is 0 Å². The molecule has 1 unspecified atom stereocenters. The quantitative estimate of drug-likeness (QED) is 0.429. The Bertz CT molecular complexity index is 282. The van der Waals surface area contributed by atoms with Crippen LogP contribution in [0.4, 0.5) is 0 Å². The van der Waals surface area contributed by atoms with Crippen LogP contribution in [0.25, 0.3) is 0 Å². The molecule has 0 fully saturated rings. The Kier molecular flexibility index (Phi) is 7.87. The number of rotatable bonds is 6. The van der Waals surface area contributed by atoms with E-state index in [0.717, 1.165) is 12.5 Å². The second kappa shape index (κ2) is 8.28. The summed E-state index contributed by atoms with van der Waals surface area (Å²) in [5.74, 6) is 1.34. The molecule has 0 aromatic heterocycles. The molecule has 1 atom stereocenters. The van der Waals surface area contributed by atoms with Gasteiger partial charge in [0.15, 0.2) is 5.96 Å². The van der Waals surface area contributed by atoms with Crippen molar-refractivity contribution in [2.45, 2.75) is 32.4 Å². The van der Waals surface area contributed by atoms with Gasteiger partial charge in [-0.2, -0.15) is 0 Å². The lowest BCUT2D eigenvalue weighted by Crippen LogP contribution is -2.37. The lowest BCUT2D eigenvalue weighted by Gasteiger charge is -2.17. The molecule has 0 bridgehead atoms. The van der Waals surface area contributed by atoms with Gasteiger partial charge in [-0.15, -0.1) is 6.58 Å². The van der Waals surface area contributed by atoms with Crippen molar-refractivity contribution in [2.75, 3.05) is 25.4 Å². The fourth-order valence-electron chi connectivity index (χ4n) is 1.06. The van der Waals surface area contributed by atoms with E-state index in [-0.39, 0.29) is 4.75 Å². The van der Waals surface area contributed by atoms with E-state index in [1.165, 1.54) is 0 Å². The summed E-state index contributed by atoms with van der Waals surface area (Å²) >= 11 is 0. The maximum Gasteiger partial charge on any atom is 0.191 e. The van der Waals surface area contributed by atoms with Crippen LogP contribution in [0.2, 0.25) is 0 Å². The van der Waals surface area contributed by atoms with Crippen LogP contribution in [-0.2, 0) is 10.8 Å². The highest BCUT2D eigenvalue weighted by Gasteiger charge is 2.18. The van der Waals surface area contributed by atoms with Crippen molar-refractivity contribution in [1.29, 1.82) is 0 Å². The Morgan fingerprint density at radius 3 is 2.53 bits per heavy atom. The van der Waals surface area contributed by atoms with Crippen LogP contribution in [0.3, 0.4) is 0 Å². The van der Waals surface area contributed by atoms with E-state index in [4.69, 9.17) is 0 Å². The highest BCUT2D eigenvalue weighted by Crippen LogP contribution is 2.10. The monoisotopic (exact) mass is 259 g/mol. The maximum atomic E-state index is 11.8. The molecule has 2 N–H and O–H groups in total. The Hall–Kier alpha value is -0.840. The zero-order valence-electron chi connectivity index (χ0n) is 11.4. The molecule has 0 saturated carbocycles. The largest absolute Gasteiger partial charge is 0.357 e. The lowest BCUT2D eigenvalue weighted by atomic mass is 10.3. The topological polar surface area (TPSA) is 53.5 Å². The normalized spacial score (nSPS) is 14.2. The van der Waals surface area contributed by atoms with Crippen molar-refractivity contribution >= 4 is 16.8 Å². The van der Waals surface area contributed by atoms with Gasteiger partial charge in [0, 0.05) is 34.4 Å². The predicted molar refractivity (Wildman–Crippen MR) is 76.9 cm³/mol. The summed E-state index contributed by atoms with van der Waals surface area (Å²) in [7, 11) is -0.846. The summed E-state index contributed by atoms with van der Waals surface area (Å²) in [5.41, 5.74) is 0. The third kappa shape index (κ3) is 7.96. The molecule has 0 aromatic rings. The summed E-state index contributed by atoms with van der Waals surface area (Å²) in [5, 5.41) is 6.23. The number of nitrogens with zero attached hydrogens (tertiary/aromatic N) is 1. The summed E-state index contributed by atoms with van der Waals surface area (Å²) in [4.78, 5) is 4.36. The number of hydrogen-bond acceptors (Lipinski definition) is 2. The molecular formula is C12H25N3OS. The lowest BCUT2D eigenvalue weighted by molar-refractivity contribution is 0.648. The first kappa shape index (κ1) is 16.2. The maximum absolute atomic E-state index is 11.8. The van der Waals surface area contributed by atoms with Gasteiger partial charge in [-0.1, -0.05) is 6.08 Å². The average molecular weight is 259 g/mol. The predicted octanol–water partition coefficient (Wildman–Crippen LogP) is 1.27. The van der Waals surface area contributed by atoms with Gasteiger partial charge in [0.25, 0.3) is 0 Å². The Morgan fingerprint density at radius 2 is 2.06 bits per heavy atom. The van der Waals surface area contributed by atoms with Crippen molar-refractivity contribution in [2.24, 2.45) is 4.99 Å². The van der Waals surface area contributed by atoms with Crippen molar-refractivity contribution in [3.63, 3.8) is 0 Å². The van der Waals surface area contributed by atoms with Gasteiger partial charge in [-0.05, 0) is 27.7 Å².